The van der Waals surface area contributed by atoms with Crippen LogP contribution < -0.4 is 5.01 Å². The Hall–Kier alpha value is -3.47. The molecule has 0 aromatic heterocycles. The van der Waals surface area contributed by atoms with E-state index in [-0.39, 0.29) is 17.9 Å². The normalized spacial score (nSPS) is 18.8. The largest absolute Gasteiger partial charge is 0.277 e. The predicted molar refractivity (Wildman–Crippen MR) is 110 cm³/mol. The summed E-state index contributed by atoms with van der Waals surface area (Å²) in [5.41, 5.74) is 4.15. The molecular formula is C23H19N3O2. The van der Waals surface area contributed by atoms with Gasteiger partial charge in [-0.05, 0) is 36.6 Å². The molecule has 2 amide bonds. The van der Waals surface area contributed by atoms with Crippen molar-refractivity contribution in [3.05, 3.63) is 77.4 Å². The van der Waals surface area contributed by atoms with E-state index in [1.807, 2.05) is 59.6 Å². The van der Waals surface area contributed by atoms with E-state index in [1.54, 1.807) is 6.07 Å². The molecule has 0 spiro atoms. The lowest BCUT2D eigenvalue weighted by atomic mass is 9.89. The van der Waals surface area contributed by atoms with E-state index in [4.69, 9.17) is 5.10 Å². The Morgan fingerprint density at radius 3 is 2.29 bits per heavy atom. The number of hydrazone groups is 1. The van der Waals surface area contributed by atoms with Crippen molar-refractivity contribution < 1.29 is 9.59 Å². The van der Waals surface area contributed by atoms with Crippen LogP contribution in [0, 0.1) is 0 Å². The first kappa shape index (κ1) is 16.7. The predicted octanol–water partition coefficient (Wildman–Crippen LogP) is 4.07. The Balaban J connectivity index is 1.68. The minimum absolute atomic E-state index is 0.234. The monoisotopic (exact) mass is 369 g/mol. The van der Waals surface area contributed by atoms with E-state index in [9.17, 15) is 9.59 Å². The molecule has 2 aliphatic rings. The third-order valence-electron chi connectivity index (χ3n) is 5.58. The number of anilines is 1. The maximum atomic E-state index is 12.6. The molecule has 0 aliphatic carbocycles. The SMILES string of the molecule is CC1CC(c2ccc3c4c(cccc24)C(=O)N(C)C3=O)=NN1c1ccccc1. The Labute approximate surface area is 162 Å². The van der Waals surface area contributed by atoms with Crippen molar-refractivity contribution in [2.24, 2.45) is 5.10 Å². The summed E-state index contributed by atoms with van der Waals surface area (Å²) in [7, 11) is 1.53. The molecule has 0 bridgehead atoms. The average molecular weight is 369 g/mol. The maximum Gasteiger partial charge on any atom is 0.261 e. The van der Waals surface area contributed by atoms with Gasteiger partial charge in [-0.1, -0.05) is 36.4 Å². The van der Waals surface area contributed by atoms with Gasteiger partial charge >= 0.3 is 0 Å². The molecule has 0 fully saturated rings. The molecule has 3 aromatic rings. The van der Waals surface area contributed by atoms with Crippen LogP contribution in [-0.2, 0) is 0 Å². The van der Waals surface area contributed by atoms with Crippen molar-refractivity contribution in [1.82, 2.24) is 4.90 Å². The average Bonchev–Trinajstić information content (AvgIpc) is 3.12. The van der Waals surface area contributed by atoms with Crippen LogP contribution >= 0.6 is 0 Å². The van der Waals surface area contributed by atoms with Crippen LogP contribution in [0.15, 0.2) is 65.8 Å². The zero-order valence-electron chi connectivity index (χ0n) is 15.7. The fraction of sp³-hybridized carbons (Fsp3) is 0.174. The number of carbonyl (C=O) groups is 2. The first-order valence-electron chi connectivity index (χ1n) is 9.36. The standard InChI is InChI=1S/C23H19N3O2/c1-14-13-20(24-26(14)15-7-4-3-5-8-15)16-11-12-19-21-17(16)9-6-10-18(21)22(27)25(2)23(19)28/h3-12,14H,13H2,1-2H3. The molecule has 0 saturated heterocycles. The van der Waals surface area contributed by atoms with Crippen LogP contribution in [0.25, 0.3) is 10.8 Å². The van der Waals surface area contributed by atoms with Gasteiger partial charge in [0.15, 0.2) is 0 Å². The van der Waals surface area contributed by atoms with Crippen LogP contribution in [0.2, 0.25) is 0 Å². The van der Waals surface area contributed by atoms with E-state index in [0.717, 1.165) is 34.2 Å². The maximum absolute atomic E-state index is 12.6. The highest BCUT2D eigenvalue weighted by Gasteiger charge is 2.32. The van der Waals surface area contributed by atoms with Crippen molar-refractivity contribution in [2.45, 2.75) is 19.4 Å². The molecular weight excluding hydrogens is 350 g/mol. The van der Waals surface area contributed by atoms with E-state index < -0.39 is 0 Å². The summed E-state index contributed by atoms with van der Waals surface area (Å²) in [5, 5.41) is 8.57. The molecule has 28 heavy (non-hydrogen) atoms. The zero-order valence-corrected chi connectivity index (χ0v) is 15.7. The van der Waals surface area contributed by atoms with Gasteiger partial charge in [0.05, 0.1) is 17.4 Å². The molecule has 0 N–H and O–H groups in total. The molecule has 1 unspecified atom stereocenters. The Kier molecular flexibility index (Phi) is 3.59. The number of para-hydroxylation sites is 1. The summed E-state index contributed by atoms with van der Waals surface area (Å²) in [6.07, 6.45) is 0.801. The highest BCUT2D eigenvalue weighted by Crippen LogP contribution is 2.34. The second-order valence-electron chi connectivity index (χ2n) is 7.34. The summed E-state index contributed by atoms with van der Waals surface area (Å²) in [6.45, 7) is 2.15. The topological polar surface area (TPSA) is 53.0 Å². The molecule has 5 rings (SSSR count). The molecule has 5 nitrogen and oxygen atoms in total. The zero-order chi connectivity index (χ0) is 19.4. The summed E-state index contributed by atoms with van der Waals surface area (Å²) < 4.78 is 0. The second-order valence-corrected chi connectivity index (χ2v) is 7.34. The number of benzene rings is 3. The highest BCUT2D eigenvalue weighted by atomic mass is 16.2. The van der Waals surface area contributed by atoms with Gasteiger partial charge in [-0.25, -0.2) is 0 Å². The molecule has 2 aliphatic heterocycles. The van der Waals surface area contributed by atoms with Crippen LogP contribution in [-0.4, -0.2) is 35.5 Å². The number of hydrogen-bond acceptors (Lipinski definition) is 4. The van der Waals surface area contributed by atoms with Crippen molar-refractivity contribution >= 4 is 34.0 Å². The lowest BCUT2D eigenvalue weighted by Crippen LogP contribution is -2.37. The minimum atomic E-state index is -0.257. The van der Waals surface area contributed by atoms with Gasteiger partial charge in [-0.2, -0.15) is 5.10 Å². The lowest BCUT2D eigenvalue weighted by Gasteiger charge is -2.24. The number of imide groups is 1. The van der Waals surface area contributed by atoms with E-state index in [1.165, 1.54) is 11.9 Å². The first-order chi connectivity index (χ1) is 13.6. The molecule has 138 valence electrons. The van der Waals surface area contributed by atoms with Gasteiger partial charge < -0.3 is 0 Å². The Bertz CT molecular complexity index is 1140. The quantitative estimate of drug-likeness (QED) is 0.640. The van der Waals surface area contributed by atoms with E-state index in [2.05, 4.69) is 6.92 Å². The summed E-state index contributed by atoms with van der Waals surface area (Å²) in [4.78, 5) is 26.4. The van der Waals surface area contributed by atoms with Crippen LogP contribution in [0.4, 0.5) is 5.69 Å². The summed E-state index contributed by atoms with van der Waals surface area (Å²) >= 11 is 0. The summed E-state index contributed by atoms with van der Waals surface area (Å²) in [6, 6.07) is 19.8. The van der Waals surface area contributed by atoms with Crippen LogP contribution in [0.3, 0.4) is 0 Å². The van der Waals surface area contributed by atoms with E-state index >= 15 is 0 Å². The van der Waals surface area contributed by atoms with Crippen molar-refractivity contribution in [1.29, 1.82) is 0 Å². The van der Waals surface area contributed by atoms with Gasteiger partial charge in [0, 0.05) is 35.5 Å². The van der Waals surface area contributed by atoms with Gasteiger partial charge in [-0.3, -0.25) is 19.5 Å². The van der Waals surface area contributed by atoms with Gasteiger partial charge in [-0.15, -0.1) is 0 Å². The molecule has 3 aromatic carbocycles. The van der Waals surface area contributed by atoms with Gasteiger partial charge in [0.1, 0.15) is 0 Å². The molecule has 0 saturated carbocycles. The Morgan fingerprint density at radius 2 is 1.54 bits per heavy atom. The molecule has 2 heterocycles. The fourth-order valence-corrected chi connectivity index (χ4v) is 4.16. The van der Waals surface area contributed by atoms with Gasteiger partial charge in [0.2, 0.25) is 0 Å². The van der Waals surface area contributed by atoms with Crippen molar-refractivity contribution in [3.8, 4) is 0 Å². The van der Waals surface area contributed by atoms with Crippen LogP contribution in [0.5, 0.6) is 0 Å². The second kappa shape index (κ2) is 6.02. The molecule has 0 radical (unpaired) electrons. The van der Waals surface area contributed by atoms with E-state index in [0.29, 0.717) is 11.1 Å². The third-order valence-corrected chi connectivity index (χ3v) is 5.58. The fourth-order valence-electron chi connectivity index (χ4n) is 4.16. The van der Waals surface area contributed by atoms with Crippen molar-refractivity contribution in [3.63, 3.8) is 0 Å². The van der Waals surface area contributed by atoms with Crippen molar-refractivity contribution in [2.75, 3.05) is 12.1 Å². The smallest absolute Gasteiger partial charge is 0.261 e. The number of amides is 2. The van der Waals surface area contributed by atoms with Crippen LogP contribution in [0.1, 0.15) is 39.6 Å². The number of hydrogen-bond donors (Lipinski definition) is 0. The highest BCUT2D eigenvalue weighted by molar-refractivity contribution is 6.28. The number of rotatable bonds is 2. The summed E-state index contributed by atoms with van der Waals surface area (Å²) in [5.74, 6) is -0.513. The Morgan fingerprint density at radius 1 is 0.857 bits per heavy atom. The third kappa shape index (κ3) is 2.29. The number of carbonyl (C=O) groups excluding carboxylic acids is 2. The first-order valence-corrected chi connectivity index (χ1v) is 9.36. The number of nitrogens with zero attached hydrogens (tertiary/aromatic N) is 3. The lowest BCUT2D eigenvalue weighted by molar-refractivity contribution is 0.0650. The minimum Gasteiger partial charge on any atom is -0.277 e. The van der Waals surface area contributed by atoms with Gasteiger partial charge in [0.25, 0.3) is 11.8 Å². The molecule has 1 atom stereocenters. The molecule has 5 heteroatoms.